The number of pyridine rings is 1. The molecule has 4 rings (SSSR count). The largest absolute Gasteiger partial charge is 0.346 e. The number of rotatable bonds is 5. The highest BCUT2D eigenvalue weighted by atomic mass is 32.2. The molecule has 2 aliphatic rings. The number of allylic oxidation sites excluding steroid dienone is 1. The Bertz CT molecular complexity index is 1080. The van der Waals surface area contributed by atoms with E-state index in [1.54, 1.807) is 22.9 Å². The molecule has 0 saturated carbocycles. The molecule has 0 bridgehead atoms. The van der Waals surface area contributed by atoms with Gasteiger partial charge in [0.1, 0.15) is 5.56 Å². The van der Waals surface area contributed by atoms with Crippen LogP contribution in [0, 0.1) is 6.92 Å². The van der Waals surface area contributed by atoms with Gasteiger partial charge >= 0.3 is 0 Å². The third kappa shape index (κ3) is 4.93. The average molecular weight is 438 g/mol. The minimum absolute atomic E-state index is 0.0309. The molecule has 0 spiro atoms. The maximum atomic E-state index is 12.9. The van der Waals surface area contributed by atoms with E-state index in [1.807, 2.05) is 37.3 Å². The lowest BCUT2D eigenvalue weighted by molar-refractivity contribution is -0.129. The van der Waals surface area contributed by atoms with Crippen molar-refractivity contribution >= 4 is 23.6 Å². The Kier molecular flexibility index (Phi) is 6.61. The molecule has 2 amide bonds. The van der Waals surface area contributed by atoms with Gasteiger partial charge in [0.2, 0.25) is 5.91 Å². The van der Waals surface area contributed by atoms with Gasteiger partial charge in [-0.2, -0.15) is 0 Å². The van der Waals surface area contributed by atoms with Gasteiger partial charge in [-0.05, 0) is 55.4 Å². The Morgan fingerprint density at radius 2 is 2.13 bits per heavy atom. The van der Waals surface area contributed by atoms with E-state index >= 15 is 0 Å². The van der Waals surface area contributed by atoms with Crippen LogP contribution in [0.5, 0.6) is 0 Å². The number of carbonyl (C=O) groups is 2. The van der Waals surface area contributed by atoms with E-state index < -0.39 is 0 Å². The van der Waals surface area contributed by atoms with Gasteiger partial charge < -0.3 is 15.2 Å². The van der Waals surface area contributed by atoms with Crippen LogP contribution in [-0.4, -0.2) is 40.0 Å². The zero-order valence-corrected chi connectivity index (χ0v) is 18.5. The quantitative estimate of drug-likeness (QED) is 0.556. The maximum absolute atomic E-state index is 12.9. The Morgan fingerprint density at radius 1 is 1.29 bits per heavy atom. The predicted octanol–water partition coefficient (Wildman–Crippen LogP) is 3.20. The number of fused-ring (bicyclic) bond motifs is 1. The summed E-state index contributed by atoms with van der Waals surface area (Å²) in [5, 5.41) is 2.97. The third-order valence-corrected chi connectivity index (χ3v) is 7.04. The SMILES string of the molecule is Cc1ccccc1SCC(=O)N1CCc2c(c[nH]c(=O)c2C(=O)NC2C=CCCC2)C1. The van der Waals surface area contributed by atoms with E-state index in [4.69, 9.17) is 0 Å². The zero-order chi connectivity index (χ0) is 21.8. The lowest BCUT2D eigenvalue weighted by atomic mass is 9.95. The van der Waals surface area contributed by atoms with E-state index in [1.165, 1.54) is 0 Å². The summed E-state index contributed by atoms with van der Waals surface area (Å²) in [5.41, 5.74) is 2.58. The Morgan fingerprint density at radius 3 is 2.90 bits per heavy atom. The average Bonchev–Trinajstić information content (AvgIpc) is 2.78. The normalized spacial score (nSPS) is 17.8. The second-order valence-electron chi connectivity index (χ2n) is 8.06. The maximum Gasteiger partial charge on any atom is 0.261 e. The molecule has 31 heavy (non-hydrogen) atoms. The van der Waals surface area contributed by atoms with Crippen molar-refractivity contribution in [3.8, 4) is 0 Å². The molecule has 0 fully saturated rings. The molecule has 2 N–H and O–H groups in total. The summed E-state index contributed by atoms with van der Waals surface area (Å²) < 4.78 is 0. The summed E-state index contributed by atoms with van der Waals surface area (Å²) in [6, 6.07) is 7.99. The van der Waals surface area contributed by atoms with E-state index in [0.29, 0.717) is 25.3 Å². The number of nitrogens with one attached hydrogen (secondary N) is 2. The second kappa shape index (κ2) is 9.56. The molecular weight excluding hydrogens is 410 g/mol. The minimum atomic E-state index is -0.370. The van der Waals surface area contributed by atoms with Gasteiger partial charge in [-0.25, -0.2) is 0 Å². The van der Waals surface area contributed by atoms with Gasteiger partial charge in [0.05, 0.1) is 5.75 Å². The summed E-state index contributed by atoms with van der Waals surface area (Å²) in [6.45, 7) is 2.95. The number of hydrogen-bond donors (Lipinski definition) is 2. The summed E-state index contributed by atoms with van der Waals surface area (Å²) in [7, 11) is 0. The summed E-state index contributed by atoms with van der Waals surface area (Å²) >= 11 is 1.54. The fraction of sp³-hybridized carbons (Fsp3) is 0.375. The number of aromatic amines is 1. The molecule has 0 saturated heterocycles. The number of carbonyl (C=O) groups excluding carboxylic acids is 2. The zero-order valence-electron chi connectivity index (χ0n) is 17.6. The number of nitrogens with zero attached hydrogens (tertiary/aromatic N) is 1. The summed E-state index contributed by atoms with van der Waals surface area (Å²) in [5.74, 6) is 0.0956. The van der Waals surface area contributed by atoms with Crippen LogP contribution in [0.1, 0.15) is 46.3 Å². The number of aryl methyl sites for hydroxylation is 1. The van der Waals surface area contributed by atoms with Crippen molar-refractivity contribution in [2.45, 2.75) is 50.1 Å². The lowest BCUT2D eigenvalue weighted by Crippen LogP contribution is -2.42. The van der Waals surface area contributed by atoms with Crippen molar-refractivity contribution in [2.75, 3.05) is 12.3 Å². The Hall–Kier alpha value is -2.80. The lowest BCUT2D eigenvalue weighted by Gasteiger charge is -2.30. The number of hydrogen-bond acceptors (Lipinski definition) is 4. The molecule has 1 unspecified atom stereocenters. The van der Waals surface area contributed by atoms with Crippen molar-refractivity contribution in [1.82, 2.24) is 15.2 Å². The smallest absolute Gasteiger partial charge is 0.261 e. The van der Waals surface area contributed by atoms with Crippen LogP contribution in [0.3, 0.4) is 0 Å². The highest BCUT2D eigenvalue weighted by Gasteiger charge is 2.27. The molecule has 1 aliphatic heterocycles. The number of aromatic nitrogens is 1. The van der Waals surface area contributed by atoms with Crippen molar-refractivity contribution in [1.29, 1.82) is 0 Å². The number of benzene rings is 1. The molecule has 1 aliphatic carbocycles. The van der Waals surface area contributed by atoms with Crippen LogP contribution in [0.25, 0.3) is 0 Å². The highest BCUT2D eigenvalue weighted by Crippen LogP contribution is 2.25. The Balaban J connectivity index is 1.45. The second-order valence-corrected chi connectivity index (χ2v) is 9.07. The van der Waals surface area contributed by atoms with Gasteiger partial charge in [-0.3, -0.25) is 14.4 Å². The van der Waals surface area contributed by atoms with Crippen LogP contribution < -0.4 is 10.9 Å². The third-order valence-electron chi connectivity index (χ3n) is 5.88. The van der Waals surface area contributed by atoms with Crippen molar-refractivity contribution in [3.05, 3.63) is 75.2 Å². The van der Waals surface area contributed by atoms with Gasteiger partial charge in [-0.1, -0.05) is 30.4 Å². The standard InChI is InChI=1S/C24H27N3O3S/c1-16-7-5-6-10-20(16)31-15-21(28)27-12-11-19-17(14-27)13-25-23(29)22(19)24(30)26-18-8-3-2-4-9-18/h3,5-8,10,13,18H,2,4,9,11-12,14-15H2,1H3,(H,25,29)(H,26,30). The molecule has 1 aromatic carbocycles. The van der Waals surface area contributed by atoms with Crippen LogP contribution in [0.2, 0.25) is 0 Å². The monoisotopic (exact) mass is 437 g/mol. The van der Waals surface area contributed by atoms with E-state index in [2.05, 4.69) is 16.4 Å². The van der Waals surface area contributed by atoms with E-state index in [-0.39, 0.29) is 29.0 Å². The number of H-pyrrole nitrogens is 1. The summed E-state index contributed by atoms with van der Waals surface area (Å²) in [6.07, 6.45) is 9.15. The van der Waals surface area contributed by atoms with Gasteiger partial charge in [0.25, 0.3) is 11.5 Å². The highest BCUT2D eigenvalue weighted by molar-refractivity contribution is 8.00. The van der Waals surface area contributed by atoms with Gasteiger partial charge in [0.15, 0.2) is 0 Å². The Labute approximate surface area is 186 Å². The van der Waals surface area contributed by atoms with Crippen molar-refractivity contribution in [3.63, 3.8) is 0 Å². The van der Waals surface area contributed by atoms with Crippen LogP contribution in [-0.2, 0) is 17.8 Å². The first-order valence-electron chi connectivity index (χ1n) is 10.7. The molecule has 7 heteroatoms. The van der Waals surface area contributed by atoms with Crippen LogP contribution in [0.4, 0.5) is 0 Å². The molecule has 2 heterocycles. The van der Waals surface area contributed by atoms with Crippen molar-refractivity contribution in [2.24, 2.45) is 0 Å². The molecule has 2 aromatic rings. The topological polar surface area (TPSA) is 82.3 Å². The molecule has 1 aromatic heterocycles. The fourth-order valence-corrected chi connectivity index (χ4v) is 5.08. The van der Waals surface area contributed by atoms with Gasteiger partial charge in [0, 0.05) is 30.2 Å². The number of thioether (sulfide) groups is 1. The first-order valence-corrected chi connectivity index (χ1v) is 11.7. The predicted molar refractivity (Wildman–Crippen MR) is 122 cm³/mol. The molecule has 6 nitrogen and oxygen atoms in total. The van der Waals surface area contributed by atoms with Crippen molar-refractivity contribution < 1.29 is 9.59 Å². The number of amides is 2. The van der Waals surface area contributed by atoms with Gasteiger partial charge in [-0.15, -0.1) is 11.8 Å². The molecule has 162 valence electrons. The van der Waals surface area contributed by atoms with E-state index in [0.717, 1.165) is 40.8 Å². The first-order chi connectivity index (χ1) is 15.0. The minimum Gasteiger partial charge on any atom is -0.346 e. The van der Waals surface area contributed by atoms with E-state index in [9.17, 15) is 14.4 Å². The fourth-order valence-electron chi connectivity index (χ4n) is 4.14. The summed E-state index contributed by atoms with van der Waals surface area (Å²) in [4.78, 5) is 43.7. The molecular formula is C24H27N3O3S. The molecule has 1 atom stereocenters. The first kappa shape index (κ1) is 21.4. The molecule has 0 radical (unpaired) electrons. The van der Waals surface area contributed by atoms with Crippen LogP contribution >= 0.6 is 11.8 Å². The van der Waals surface area contributed by atoms with Crippen LogP contribution in [0.15, 0.2) is 52.3 Å².